The maximum atomic E-state index is 8.25. The summed E-state index contributed by atoms with van der Waals surface area (Å²) in [6, 6.07) is 2.00. The number of hydrogen-bond acceptors (Lipinski definition) is 2. The van der Waals surface area contributed by atoms with Crippen molar-refractivity contribution in [3.05, 3.63) is 0 Å². The quantitative estimate of drug-likeness (QED) is 0.414. The van der Waals surface area contributed by atoms with Gasteiger partial charge in [-0.15, -0.1) is 24.0 Å². The van der Waals surface area contributed by atoms with Gasteiger partial charge in [-0.05, 0) is 6.92 Å². The minimum atomic E-state index is -0.105. The molecule has 0 spiro atoms. The third kappa shape index (κ3) is 7.49. The molecule has 0 aliphatic heterocycles. The van der Waals surface area contributed by atoms with Gasteiger partial charge in [0.05, 0.1) is 18.5 Å². The van der Waals surface area contributed by atoms with Crippen molar-refractivity contribution in [1.29, 1.82) is 5.26 Å². The summed E-state index contributed by atoms with van der Waals surface area (Å²) in [5.41, 5.74) is 10.0. The highest BCUT2D eigenvalue weighted by atomic mass is 127. The zero-order valence-electron chi connectivity index (χ0n) is 5.74. The van der Waals surface area contributed by atoms with E-state index in [0.717, 1.165) is 0 Å². The average molecular weight is 254 g/mol. The maximum absolute atomic E-state index is 8.25. The van der Waals surface area contributed by atoms with Crippen LogP contribution >= 0.6 is 24.0 Å². The summed E-state index contributed by atoms with van der Waals surface area (Å²) in [6.45, 7) is 2.14. The van der Waals surface area contributed by atoms with Crippen molar-refractivity contribution in [2.45, 2.75) is 6.92 Å². The fourth-order valence-electron chi connectivity index (χ4n) is 0.283. The molecule has 0 aromatic rings. The maximum Gasteiger partial charge on any atom is 0.185 e. The Morgan fingerprint density at radius 2 is 2.20 bits per heavy atom. The molecule has 0 amide bonds. The van der Waals surface area contributed by atoms with Gasteiger partial charge in [0, 0.05) is 0 Å². The molecule has 0 rings (SSSR count). The largest absolute Gasteiger partial charge is 0.370 e. The number of nitriles is 1. The molecule has 0 fully saturated rings. The zero-order chi connectivity index (χ0) is 7.28. The molecule has 0 bridgehead atoms. The van der Waals surface area contributed by atoms with E-state index in [1.54, 1.807) is 6.92 Å². The Kier molecular flexibility index (Phi) is 8.06. The Hall–Kier alpha value is -0.510. The first-order valence-corrected chi connectivity index (χ1v) is 2.62. The molecule has 1 unspecified atom stereocenters. The SMILES string of the molecule is CC(C#N)CN=C(N)N.I. The third-order valence-electron chi connectivity index (χ3n) is 0.768. The molecular weight excluding hydrogens is 243 g/mol. The molecule has 0 radical (unpaired) electrons. The molecule has 0 aromatic heterocycles. The first-order valence-electron chi connectivity index (χ1n) is 2.62. The Labute approximate surface area is 77.3 Å². The van der Waals surface area contributed by atoms with Gasteiger partial charge >= 0.3 is 0 Å². The van der Waals surface area contributed by atoms with Gasteiger partial charge in [0.15, 0.2) is 5.96 Å². The van der Waals surface area contributed by atoms with Gasteiger partial charge in [-0.1, -0.05) is 0 Å². The highest BCUT2D eigenvalue weighted by Crippen LogP contribution is 1.89. The van der Waals surface area contributed by atoms with Crippen LogP contribution in [0.15, 0.2) is 4.99 Å². The summed E-state index contributed by atoms with van der Waals surface area (Å²) >= 11 is 0. The van der Waals surface area contributed by atoms with E-state index in [0.29, 0.717) is 6.54 Å². The van der Waals surface area contributed by atoms with Crippen molar-refractivity contribution in [3.8, 4) is 6.07 Å². The number of aliphatic imine (C=N–C) groups is 1. The predicted octanol–water partition coefficient (Wildman–Crippen LogP) is 0.0375. The molecule has 0 aliphatic rings. The lowest BCUT2D eigenvalue weighted by Crippen LogP contribution is -2.23. The molecule has 10 heavy (non-hydrogen) atoms. The van der Waals surface area contributed by atoms with E-state index in [1.165, 1.54) is 0 Å². The van der Waals surface area contributed by atoms with Gasteiger partial charge in [0.2, 0.25) is 0 Å². The lowest BCUT2D eigenvalue weighted by Gasteiger charge is -1.94. The van der Waals surface area contributed by atoms with Crippen LogP contribution in [0.2, 0.25) is 0 Å². The number of guanidine groups is 1. The minimum absolute atomic E-state index is 0. The van der Waals surface area contributed by atoms with Crippen LogP contribution in [0.4, 0.5) is 0 Å². The van der Waals surface area contributed by atoms with Crippen LogP contribution in [0.25, 0.3) is 0 Å². The number of halogens is 1. The van der Waals surface area contributed by atoms with E-state index in [4.69, 9.17) is 16.7 Å². The van der Waals surface area contributed by atoms with E-state index in [9.17, 15) is 0 Å². The van der Waals surface area contributed by atoms with Gasteiger partial charge in [-0.2, -0.15) is 5.26 Å². The molecule has 0 aromatic carbocycles. The van der Waals surface area contributed by atoms with Crippen molar-refractivity contribution in [2.75, 3.05) is 6.54 Å². The second-order valence-corrected chi connectivity index (χ2v) is 1.80. The van der Waals surface area contributed by atoms with Crippen LogP contribution < -0.4 is 11.5 Å². The lowest BCUT2D eigenvalue weighted by molar-refractivity contribution is 0.755. The average Bonchev–Trinajstić information content (AvgIpc) is 1.83. The molecule has 0 heterocycles. The van der Waals surface area contributed by atoms with Crippen LogP contribution in [0.3, 0.4) is 0 Å². The monoisotopic (exact) mass is 254 g/mol. The van der Waals surface area contributed by atoms with E-state index in [-0.39, 0.29) is 35.9 Å². The molecule has 1 atom stereocenters. The molecule has 0 saturated heterocycles. The van der Waals surface area contributed by atoms with Gasteiger partial charge < -0.3 is 11.5 Å². The Balaban J connectivity index is 0. The fourth-order valence-corrected chi connectivity index (χ4v) is 0.283. The summed E-state index contributed by atoms with van der Waals surface area (Å²) in [7, 11) is 0. The molecule has 0 aliphatic carbocycles. The minimum Gasteiger partial charge on any atom is -0.370 e. The van der Waals surface area contributed by atoms with Crippen LogP contribution in [-0.4, -0.2) is 12.5 Å². The van der Waals surface area contributed by atoms with Crippen LogP contribution in [0, 0.1) is 17.2 Å². The molecule has 0 saturated carbocycles. The van der Waals surface area contributed by atoms with Crippen LogP contribution in [0.5, 0.6) is 0 Å². The summed E-state index contributed by atoms with van der Waals surface area (Å²) in [5.74, 6) is -0.0656. The van der Waals surface area contributed by atoms with Crippen molar-refractivity contribution >= 4 is 29.9 Å². The first-order chi connectivity index (χ1) is 4.16. The lowest BCUT2D eigenvalue weighted by atomic mass is 10.2. The van der Waals surface area contributed by atoms with Crippen molar-refractivity contribution in [3.63, 3.8) is 0 Å². The highest BCUT2D eigenvalue weighted by molar-refractivity contribution is 14.0. The zero-order valence-corrected chi connectivity index (χ0v) is 8.07. The summed E-state index contributed by atoms with van der Waals surface area (Å²) in [4.78, 5) is 3.65. The molecule has 4 nitrogen and oxygen atoms in total. The number of nitrogens with zero attached hydrogens (tertiary/aromatic N) is 2. The summed E-state index contributed by atoms with van der Waals surface area (Å²) in [6.07, 6.45) is 0. The third-order valence-corrected chi connectivity index (χ3v) is 0.768. The van der Waals surface area contributed by atoms with Crippen LogP contribution in [-0.2, 0) is 0 Å². The van der Waals surface area contributed by atoms with Gasteiger partial charge in [-0.25, -0.2) is 0 Å². The Bertz CT molecular complexity index is 144. The standard InChI is InChI=1S/C5H10N4.HI/c1-4(2-6)3-9-5(7)8;/h4H,3H2,1H3,(H4,7,8,9);1H. The van der Waals surface area contributed by atoms with E-state index < -0.39 is 0 Å². The molecule has 5 heteroatoms. The number of nitrogens with two attached hydrogens (primary N) is 2. The van der Waals surface area contributed by atoms with Crippen LogP contribution in [0.1, 0.15) is 6.92 Å². The Morgan fingerprint density at radius 1 is 1.70 bits per heavy atom. The van der Waals surface area contributed by atoms with E-state index in [2.05, 4.69) is 4.99 Å². The smallest absolute Gasteiger partial charge is 0.185 e. The predicted molar refractivity (Wildman–Crippen MR) is 50.9 cm³/mol. The molecule has 4 N–H and O–H groups in total. The second-order valence-electron chi connectivity index (χ2n) is 1.80. The summed E-state index contributed by atoms with van der Waals surface area (Å²) < 4.78 is 0. The van der Waals surface area contributed by atoms with Gasteiger partial charge in [0.25, 0.3) is 0 Å². The first kappa shape index (κ1) is 12.2. The molecule has 58 valence electrons. The van der Waals surface area contributed by atoms with E-state index >= 15 is 0 Å². The van der Waals surface area contributed by atoms with Crippen molar-refractivity contribution in [1.82, 2.24) is 0 Å². The van der Waals surface area contributed by atoms with E-state index in [1.807, 2.05) is 6.07 Å². The van der Waals surface area contributed by atoms with Gasteiger partial charge in [0.1, 0.15) is 0 Å². The van der Waals surface area contributed by atoms with Gasteiger partial charge in [-0.3, -0.25) is 4.99 Å². The van der Waals surface area contributed by atoms with Crippen molar-refractivity contribution in [2.24, 2.45) is 22.4 Å². The second kappa shape index (κ2) is 6.61. The Morgan fingerprint density at radius 3 is 2.50 bits per heavy atom. The number of hydrogen-bond donors (Lipinski definition) is 2. The fraction of sp³-hybridized carbons (Fsp3) is 0.600. The molecular formula is C5H11IN4. The highest BCUT2D eigenvalue weighted by Gasteiger charge is 1.94. The number of rotatable bonds is 2. The summed E-state index contributed by atoms with van der Waals surface area (Å²) in [5, 5.41) is 8.25. The van der Waals surface area contributed by atoms with Crippen molar-refractivity contribution < 1.29 is 0 Å². The normalized spacial score (nSPS) is 10.4. The topological polar surface area (TPSA) is 88.2 Å².